The first-order valence-corrected chi connectivity index (χ1v) is 9.17. The van der Waals surface area contributed by atoms with Gasteiger partial charge in [-0.05, 0) is 37.1 Å². The topological polar surface area (TPSA) is 61.2 Å². The van der Waals surface area contributed by atoms with Crippen LogP contribution in [0.15, 0.2) is 53.5 Å². The molecule has 7 heteroatoms. The van der Waals surface area contributed by atoms with Crippen LogP contribution in [-0.4, -0.2) is 21.5 Å². The fourth-order valence-corrected chi connectivity index (χ4v) is 2.98. The SMILES string of the molecule is CCOc1cc(CNn2cnnc2)c(Br)cc1OCc1cccc(C)c1. The molecular weight excluding hydrogens is 396 g/mol. The monoisotopic (exact) mass is 416 g/mol. The van der Waals surface area contributed by atoms with E-state index in [-0.39, 0.29) is 0 Å². The number of halogens is 1. The van der Waals surface area contributed by atoms with E-state index in [1.807, 2.05) is 25.1 Å². The summed E-state index contributed by atoms with van der Waals surface area (Å²) in [7, 11) is 0. The van der Waals surface area contributed by atoms with Gasteiger partial charge >= 0.3 is 0 Å². The lowest BCUT2D eigenvalue weighted by atomic mass is 10.1. The number of nitrogens with one attached hydrogen (secondary N) is 1. The average Bonchev–Trinajstić information content (AvgIpc) is 3.14. The van der Waals surface area contributed by atoms with Gasteiger partial charge in [0.1, 0.15) is 19.3 Å². The molecule has 1 heterocycles. The van der Waals surface area contributed by atoms with Crippen molar-refractivity contribution in [3.8, 4) is 11.5 Å². The van der Waals surface area contributed by atoms with Crippen molar-refractivity contribution in [3.63, 3.8) is 0 Å². The van der Waals surface area contributed by atoms with Crippen molar-refractivity contribution in [1.29, 1.82) is 0 Å². The van der Waals surface area contributed by atoms with Gasteiger partial charge in [-0.15, -0.1) is 10.2 Å². The van der Waals surface area contributed by atoms with Gasteiger partial charge in [0.15, 0.2) is 11.5 Å². The first kappa shape index (κ1) is 18.3. The van der Waals surface area contributed by atoms with E-state index in [4.69, 9.17) is 9.47 Å². The van der Waals surface area contributed by atoms with Crippen LogP contribution >= 0.6 is 15.9 Å². The molecule has 6 nitrogen and oxygen atoms in total. The van der Waals surface area contributed by atoms with Gasteiger partial charge in [0.25, 0.3) is 0 Å². The summed E-state index contributed by atoms with van der Waals surface area (Å²) >= 11 is 3.62. The van der Waals surface area contributed by atoms with Crippen LogP contribution in [-0.2, 0) is 13.2 Å². The number of aromatic nitrogens is 3. The Morgan fingerprint density at radius 2 is 1.85 bits per heavy atom. The number of benzene rings is 2. The van der Waals surface area contributed by atoms with E-state index in [1.54, 1.807) is 17.3 Å². The molecule has 0 fully saturated rings. The Balaban J connectivity index is 1.75. The Labute approximate surface area is 161 Å². The van der Waals surface area contributed by atoms with Crippen LogP contribution in [0.3, 0.4) is 0 Å². The molecule has 0 saturated carbocycles. The molecule has 0 amide bonds. The van der Waals surface area contributed by atoms with Crippen LogP contribution in [0.4, 0.5) is 0 Å². The van der Waals surface area contributed by atoms with Gasteiger partial charge in [-0.25, -0.2) is 4.68 Å². The summed E-state index contributed by atoms with van der Waals surface area (Å²) in [6.45, 7) is 5.69. The first-order chi connectivity index (χ1) is 12.7. The maximum absolute atomic E-state index is 6.02. The highest BCUT2D eigenvalue weighted by atomic mass is 79.9. The molecular formula is C19H21BrN4O2. The van der Waals surface area contributed by atoms with Gasteiger partial charge in [0.05, 0.1) is 13.2 Å². The normalized spacial score (nSPS) is 10.6. The van der Waals surface area contributed by atoms with Crippen molar-refractivity contribution in [2.75, 3.05) is 12.0 Å². The number of hydrogen-bond donors (Lipinski definition) is 1. The summed E-state index contributed by atoms with van der Waals surface area (Å²) in [4.78, 5) is 0. The standard InChI is InChI=1S/C19H21BrN4O2/c1-3-25-18-8-16(10-23-24-12-21-22-13-24)17(20)9-19(18)26-11-15-6-4-5-14(2)7-15/h4-9,12-13,23H,3,10-11H2,1-2H3. The van der Waals surface area contributed by atoms with E-state index in [9.17, 15) is 0 Å². The molecule has 0 aliphatic carbocycles. The highest BCUT2D eigenvalue weighted by Crippen LogP contribution is 2.34. The fourth-order valence-electron chi connectivity index (χ4n) is 2.52. The molecule has 0 saturated heterocycles. The van der Waals surface area contributed by atoms with Crippen molar-refractivity contribution < 1.29 is 9.47 Å². The molecule has 3 rings (SSSR count). The van der Waals surface area contributed by atoms with E-state index < -0.39 is 0 Å². The van der Waals surface area contributed by atoms with E-state index in [0.717, 1.165) is 21.3 Å². The van der Waals surface area contributed by atoms with Crippen molar-refractivity contribution in [1.82, 2.24) is 14.9 Å². The predicted octanol–water partition coefficient (Wildman–Crippen LogP) is 4.07. The number of rotatable bonds is 8. The Bertz CT molecular complexity index is 853. The highest BCUT2D eigenvalue weighted by Gasteiger charge is 2.11. The second kappa shape index (κ2) is 8.71. The smallest absolute Gasteiger partial charge is 0.162 e. The molecule has 1 N–H and O–H groups in total. The number of hydrogen-bond acceptors (Lipinski definition) is 5. The molecule has 0 radical (unpaired) electrons. The predicted molar refractivity (Wildman–Crippen MR) is 104 cm³/mol. The lowest BCUT2D eigenvalue weighted by Crippen LogP contribution is -2.12. The zero-order valence-corrected chi connectivity index (χ0v) is 16.4. The lowest BCUT2D eigenvalue weighted by Gasteiger charge is -2.16. The number of aryl methyl sites for hydroxylation is 1. The quantitative estimate of drug-likeness (QED) is 0.599. The lowest BCUT2D eigenvalue weighted by molar-refractivity contribution is 0.269. The minimum Gasteiger partial charge on any atom is -0.490 e. The third-order valence-electron chi connectivity index (χ3n) is 3.76. The maximum Gasteiger partial charge on any atom is 0.162 e. The second-order valence-corrected chi connectivity index (χ2v) is 6.66. The zero-order chi connectivity index (χ0) is 18.4. The van der Waals surface area contributed by atoms with Gasteiger partial charge < -0.3 is 14.9 Å². The molecule has 136 valence electrons. The maximum atomic E-state index is 6.02. The van der Waals surface area contributed by atoms with Crippen LogP contribution < -0.4 is 14.9 Å². The van der Waals surface area contributed by atoms with Crippen LogP contribution in [0.1, 0.15) is 23.6 Å². The minimum absolute atomic E-state index is 0.493. The van der Waals surface area contributed by atoms with Gasteiger partial charge in [-0.3, -0.25) is 0 Å². The fraction of sp³-hybridized carbons (Fsp3) is 0.263. The Morgan fingerprint density at radius 1 is 1.08 bits per heavy atom. The molecule has 0 atom stereocenters. The van der Waals surface area contributed by atoms with Crippen LogP contribution in [0.5, 0.6) is 11.5 Å². The molecule has 3 aromatic rings. The Hall–Kier alpha value is -2.54. The molecule has 0 aliphatic rings. The molecule has 0 aliphatic heterocycles. The zero-order valence-electron chi connectivity index (χ0n) is 14.8. The summed E-state index contributed by atoms with van der Waals surface area (Å²) in [5.41, 5.74) is 6.59. The molecule has 0 bridgehead atoms. The molecule has 26 heavy (non-hydrogen) atoms. The average molecular weight is 417 g/mol. The third-order valence-corrected chi connectivity index (χ3v) is 4.50. The van der Waals surface area contributed by atoms with E-state index >= 15 is 0 Å². The van der Waals surface area contributed by atoms with Gasteiger partial charge in [0, 0.05) is 4.47 Å². The largest absolute Gasteiger partial charge is 0.490 e. The van der Waals surface area contributed by atoms with E-state index in [0.29, 0.717) is 25.5 Å². The summed E-state index contributed by atoms with van der Waals surface area (Å²) in [6.07, 6.45) is 3.22. The third kappa shape index (κ3) is 4.76. The minimum atomic E-state index is 0.493. The first-order valence-electron chi connectivity index (χ1n) is 8.37. The van der Waals surface area contributed by atoms with Crippen molar-refractivity contribution in [3.05, 3.63) is 70.2 Å². The summed E-state index contributed by atoms with van der Waals surface area (Å²) < 4.78 is 14.4. The second-order valence-electron chi connectivity index (χ2n) is 5.81. The summed E-state index contributed by atoms with van der Waals surface area (Å²) in [6, 6.07) is 12.2. The molecule has 0 unspecified atom stereocenters. The Kier molecular flexibility index (Phi) is 6.12. The van der Waals surface area contributed by atoms with E-state index in [2.05, 4.69) is 56.7 Å². The summed E-state index contributed by atoms with van der Waals surface area (Å²) in [5, 5.41) is 7.54. The summed E-state index contributed by atoms with van der Waals surface area (Å²) in [5.74, 6) is 1.44. The van der Waals surface area contributed by atoms with Crippen LogP contribution in [0.2, 0.25) is 0 Å². The highest BCUT2D eigenvalue weighted by molar-refractivity contribution is 9.10. The van der Waals surface area contributed by atoms with Crippen molar-refractivity contribution in [2.45, 2.75) is 27.0 Å². The molecule has 0 spiro atoms. The molecule has 2 aromatic carbocycles. The number of nitrogens with zero attached hydrogens (tertiary/aromatic N) is 3. The van der Waals surface area contributed by atoms with Gasteiger partial charge in [-0.1, -0.05) is 45.8 Å². The number of ether oxygens (including phenoxy) is 2. The van der Waals surface area contributed by atoms with Gasteiger partial charge in [-0.2, -0.15) is 0 Å². The van der Waals surface area contributed by atoms with Crippen molar-refractivity contribution >= 4 is 15.9 Å². The van der Waals surface area contributed by atoms with Crippen LogP contribution in [0.25, 0.3) is 0 Å². The van der Waals surface area contributed by atoms with E-state index in [1.165, 1.54) is 5.56 Å². The van der Waals surface area contributed by atoms with Crippen molar-refractivity contribution in [2.24, 2.45) is 0 Å². The molecule has 1 aromatic heterocycles. The Morgan fingerprint density at radius 3 is 2.58 bits per heavy atom. The van der Waals surface area contributed by atoms with Gasteiger partial charge in [0.2, 0.25) is 0 Å². The van der Waals surface area contributed by atoms with Crippen LogP contribution in [0, 0.1) is 6.92 Å².